The third-order valence-electron chi connectivity index (χ3n) is 2.44. The molecule has 18 heavy (non-hydrogen) atoms. The molecular weight excluding hydrogens is 244 g/mol. The van der Waals surface area contributed by atoms with Crippen molar-refractivity contribution in [3.05, 3.63) is 59.5 Å². The van der Waals surface area contributed by atoms with Gasteiger partial charge in [-0.3, -0.25) is 4.57 Å². The lowest BCUT2D eigenvalue weighted by molar-refractivity contribution is 0.346. The fourth-order valence-electron chi connectivity index (χ4n) is 1.51. The van der Waals surface area contributed by atoms with Gasteiger partial charge < -0.3 is 4.74 Å². The molecule has 2 rings (SSSR count). The SMILES string of the molecule is C=CCOc1ccn(-c2ccc(C)cc2)c(=S)n1. The number of hydrogen-bond acceptors (Lipinski definition) is 3. The van der Waals surface area contributed by atoms with Gasteiger partial charge in [0.15, 0.2) is 0 Å². The first kappa shape index (κ1) is 12.5. The molecule has 0 aliphatic heterocycles. The van der Waals surface area contributed by atoms with Crippen LogP contribution in [0.4, 0.5) is 0 Å². The molecule has 1 aromatic heterocycles. The molecule has 0 radical (unpaired) electrons. The number of aryl methyl sites for hydroxylation is 1. The summed E-state index contributed by atoms with van der Waals surface area (Å²) in [6.45, 7) is 6.06. The third-order valence-corrected chi connectivity index (χ3v) is 2.73. The largest absolute Gasteiger partial charge is 0.473 e. The van der Waals surface area contributed by atoms with Crippen molar-refractivity contribution in [1.29, 1.82) is 0 Å². The number of aromatic nitrogens is 2. The van der Waals surface area contributed by atoms with Gasteiger partial charge in [-0.15, -0.1) is 0 Å². The second-order valence-corrected chi connectivity index (χ2v) is 4.22. The molecule has 0 saturated carbocycles. The maximum absolute atomic E-state index is 5.34. The number of benzene rings is 1. The second-order valence-electron chi connectivity index (χ2n) is 3.85. The van der Waals surface area contributed by atoms with E-state index in [2.05, 4.69) is 11.6 Å². The van der Waals surface area contributed by atoms with Crippen LogP contribution in [0.1, 0.15) is 5.56 Å². The maximum atomic E-state index is 5.34. The van der Waals surface area contributed by atoms with E-state index in [0.29, 0.717) is 17.3 Å². The summed E-state index contributed by atoms with van der Waals surface area (Å²) in [6.07, 6.45) is 3.53. The summed E-state index contributed by atoms with van der Waals surface area (Å²) in [5.41, 5.74) is 2.21. The van der Waals surface area contributed by atoms with E-state index in [0.717, 1.165) is 5.69 Å². The monoisotopic (exact) mass is 258 g/mol. The van der Waals surface area contributed by atoms with Gasteiger partial charge >= 0.3 is 0 Å². The molecule has 1 aromatic carbocycles. The highest BCUT2D eigenvalue weighted by atomic mass is 32.1. The summed E-state index contributed by atoms with van der Waals surface area (Å²) >= 11 is 5.25. The van der Waals surface area contributed by atoms with E-state index < -0.39 is 0 Å². The molecule has 0 aliphatic carbocycles. The van der Waals surface area contributed by atoms with Crippen LogP contribution < -0.4 is 4.74 Å². The standard InChI is InChI=1S/C14H14N2OS/c1-3-10-17-13-8-9-16(14(18)15-13)12-6-4-11(2)5-7-12/h3-9H,1,10H2,2H3. The predicted octanol–water partition coefficient (Wildman–Crippen LogP) is 3.48. The Labute approximate surface area is 111 Å². The van der Waals surface area contributed by atoms with Crippen LogP contribution in [0.25, 0.3) is 5.69 Å². The van der Waals surface area contributed by atoms with Gasteiger partial charge in [0.25, 0.3) is 0 Å². The van der Waals surface area contributed by atoms with E-state index >= 15 is 0 Å². The Bertz CT molecular complexity index is 602. The lowest BCUT2D eigenvalue weighted by atomic mass is 10.2. The van der Waals surface area contributed by atoms with Crippen LogP contribution in [0.2, 0.25) is 0 Å². The quantitative estimate of drug-likeness (QED) is 0.620. The molecule has 0 spiro atoms. The number of nitrogens with zero attached hydrogens (tertiary/aromatic N) is 2. The van der Waals surface area contributed by atoms with Crippen LogP contribution in [0.3, 0.4) is 0 Å². The zero-order chi connectivity index (χ0) is 13.0. The van der Waals surface area contributed by atoms with E-state index in [4.69, 9.17) is 17.0 Å². The molecule has 2 aromatic rings. The van der Waals surface area contributed by atoms with Crippen LogP contribution in [-0.4, -0.2) is 16.2 Å². The average molecular weight is 258 g/mol. The Morgan fingerprint density at radius 3 is 2.67 bits per heavy atom. The Kier molecular flexibility index (Phi) is 3.89. The zero-order valence-corrected chi connectivity index (χ0v) is 11.0. The number of rotatable bonds is 4. The summed E-state index contributed by atoms with van der Waals surface area (Å²) in [6, 6.07) is 9.89. The van der Waals surface area contributed by atoms with Crippen molar-refractivity contribution >= 4 is 12.2 Å². The summed E-state index contributed by atoms with van der Waals surface area (Å²) in [4.78, 5) is 4.22. The molecule has 0 N–H and O–H groups in total. The molecule has 0 atom stereocenters. The Hall–Kier alpha value is -1.94. The van der Waals surface area contributed by atoms with Gasteiger partial charge in [0.05, 0.1) is 0 Å². The van der Waals surface area contributed by atoms with Crippen molar-refractivity contribution in [1.82, 2.24) is 9.55 Å². The summed E-state index contributed by atoms with van der Waals surface area (Å²) < 4.78 is 7.65. The lowest BCUT2D eigenvalue weighted by Crippen LogP contribution is -2.02. The highest BCUT2D eigenvalue weighted by Gasteiger charge is 2.00. The molecule has 1 heterocycles. The minimum atomic E-state index is 0.427. The minimum absolute atomic E-state index is 0.427. The second kappa shape index (κ2) is 5.60. The highest BCUT2D eigenvalue weighted by Crippen LogP contribution is 2.12. The van der Waals surface area contributed by atoms with E-state index in [-0.39, 0.29) is 0 Å². The van der Waals surface area contributed by atoms with Gasteiger partial charge in [-0.1, -0.05) is 30.4 Å². The van der Waals surface area contributed by atoms with Crippen LogP contribution in [-0.2, 0) is 0 Å². The third kappa shape index (κ3) is 2.84. The number of ether oxygens (including phenoxy) is 1. The van der Waals surface area contributed by atoms with Gasteiger partial charge in [0.1, 0.15) is 6.61 Å². The first-order valence-corrected chi connectivity index (χ1v) is 6.02. The zero-order valence-electron chi connectivity index (χ0n) is 10.2. The number of hydrogen-bond donors (Lipinski definition) is 0. The molecular formula is C14H14N2OS. The maximum Gasteiger partial charge on any atom is 0.217 e. The Morgan fingerprint density at radius 1 is 1.33 bits per heavy atom. The molecule has 0 unspecified atom stereocenters. The Balaban J connectivity index is 2.32. The molecule has 0 aliphatic rings. The van der Waals surface area contributed by atoms with Crippen LogP contribution in [0.15, 0.2) is 49.2 Å². The van der Waals surface area contributed by atoms with Crippen molar-refractivity contribution in [2.24, 2.45) is 0 Å². The van der Waals surface area contributed by atoms with Crippen LogP contribution >= 0.6 is 12.2 Å². The van der Waals surface area contributed by atoms with Gasteiger partial charge in [-0.05, 0) is 31.3 Å². The molecule has 0 bridgehead atoms. The van der Waals surface area contributed by atoms with E-state index in [1.54, 1.807) is 12.1 Å². The van der Waals surface area contributed by atoms with Gasteiger partial charge in [0, 0.05) is 18.0 Å². The van der Waals surface area contributed by atoms with Gasteiger partial charge in [-0.25, -0.2) is 0 Å². The lowest BCUT2D eigenvalue weighted by Gasteiger charge is -2.08. The van der Waals surface area contributed by atoms with Crippen molar-refractivity contribution in [2.75, 3.05) is 6.61 Å². The van der Waals surface area contributed by atoms with Crippen molar-refractivity contribution in [2.45, 2.75) is 6.92 Å². The minimum Gasteiger partial charge on any atom is -0.473 e. The molecule has 0 amide bonds. The van der Waals surface area contributed by atoms with Crippen LogP contribution in [0.5, 0.6) is 5.88 Å². The topological polar surface area (TPSA) is 27.1 Å². The van der Waals surface area contributed by atoms with Crippen molar-refractivity contribution < 1.29 is 4.74 Å². The fraction of sp³-hybridized carbons (Fsp3) is 0.143. The molecule has 0 fully saturated rings. The van der Waals surface area contributed by atoms with Gasteiger partial charge in [-0.2, -0.15) is 4.98 Å². The molecule has 3 nitrogen and oxygen atoms in total. The van der Waals surface area contributed by atoms with Crippen LogP contribution in [0, 0.1) is 11.7 Å². The fourth-order valence-corrected chi connectivity index (χ4v) is 1.77. The smallest absolute Gasteiger partial charge is 0.217 e. The summed E-state index contributed by atoms with van der Waals surface area (Å²) in [5.74, 6) is 0.517. The van der Waals surface area contributed by atoms with E-state index in [1.165, 1.54) is 5.56 Å². The molecule has 4 heteroatoms. The highest BCUT2D eigenvalue weighted by molar-refractivity contribution is 7.71. The summed E-state index contributed by atoms with van der Waals surface area (Å²) in [5, 5.41) is 0. The molecule has 0 saturated heterocycles. The van der Waals surface area contributed by atoms with Gasteiger partial charge in [0.2, 0.25) is 10.7 Å². The van der Waals surface area contributed by atoms with E-state index in [1.807, 2.05) is 42.0 Å². The van der Waals surface area contributed by atoms with E-state index in [9.17, 15) is 0 Å². The average Bonchev–Trinajstić information content (AvgIpc) is 2.38. The van der Waals surface area contributed by atoms with Crippen molar-refractivity contribution in [3.8, 4) is 11.6 Å². The van der Waals surface area contributed by atoms with Crippen molar-refractivity contribution in [3.63, 3.8) is 0 Å². The normalized spacial score (nSPS) is 10.1. The summed E-state index contributed by atoms with van der Waals surface area (Å²) in [7, 11) is 0. The Morgan fingerprint density at radius 2 is 2.06 bits per heavy atom. The molecule has 92 valence electrons. The first-order valence-electron chi connectivity index (χ1n) is 5.61. The predicted molar refractivity (Wildman–Crippen MR) is 74.8 cm³/mol. The first-order chi connectivity index (χ1) is 8.70.